The molecule has 0 bridgehead atoms. The van der Waals surface area contributed by atoms with Crippen molar-refractivity contribution in [2.75, 3.05) is 6.61 Å². The molecule has 5 nitrogen and oxygen atoms in total. The van der Waals surface area contributed by atoms with Gasteiger partial charge in [-0.2, -0.15) is 0 Å². The number of hydrogen-bond acceptors (Lipinski definition) is 5. The number of benzene rings is 2. The summed E-state index contributed by atoms with van der Waals surface area (Å²) in [6, 6.07) is 7.05. The lowest BCUT2D eigenvalue weighted by Gasteiger charge is -2.21. The Balaban J connectivity index is 2.74. The Morgan fingerprint density at radius 1 is 1.08 bits per heavy atom. The predicted molar refractivity (Wildman–Crippen MR) is 93.2 cm³/mol. The third-order valence-electron chi connectivity index (χ3n) is 3.04. The highest BCUT2D eigenvalue weighted by molar-refractivity contribution is 6.31. The van der Waals surface area contributed by atoms with Crippen LogP contribution in [-0.2, 0) is 4.79 Å². The molecule has 0 radical (unpaired) electrons. The van der Waals surface area contributed by atoms with Gasteiger partial charge in [-0.3, -0.25) is 0 Å². The molecular weight excluding hydrogens is 332 g/mol. The second-order valence-electron chi connectivity index (χ2n) is 5.86. The molecule has 0 saturated heterocycles. The Kier molecular flexibility index (Phi) is 5.91. The van der Waals surface area contributed by atoms with E-state index in [4.69, 9.17) is 30.9 Å². The quantitative estimate of drug-likeness (QED) is 0.629. The van der Waals surface area contributed by atoms with E-state index in [1.165, 1.54) is 0 Å². The molecule has 2 aromatic carbocycles. The van der Waals surface area contributed by atoms with Gasteiger partial charge in [-0.05, 0) is 51.3 Å². The van der Waals surface area contributed by atoms with E-state index in [0.717, 1.165) is 5.39 Å². The van der Waals surface area contributed by atoms with Crippen LogP contribution in [0, 0.1) is 0 Å². The number of rotatable bonds is 6. The first kappa shape index (κ1) is 18.4. The van der Waals surface area contributed by atoms with E-state index < -0.39 is 12.6 Å². The Bertz CT molecular complexity index is 740. The minimum atomic E-state index is -0.786. The average molecular weight is 353 g/mol. The Labute approximate surface area is 146 Å². The number of carbonyl (C=O) groups is 1. The molecule has 0 fully saturated rings. The van der Waals surface area contributed by atoms with Gasteiger partial charge in [-0.25, -0.2) is 4.79 Å². The fraction of sp³-hybridized carbons (Fsp3) is 0.389. The van der Waals surface area contributed by atoms with Crippen molar-refractivity contribution < 1.29 is 24.1 Å². The van der Waals surface area contributed by atoms with Crippen molar-refractivity contribution >= 4 is 28.3 Å². The van der Waals surface area contributed by atoms with Crippen molar-refractivity contribution in [2.24, 2.45) is 0 Å². The Morgan fingerprint density at radius 2 is 1.75 bits per heavy atom. The largest absolute Gasteiger partial charge is 0.487 e. The monoisotopic (exact) mass is 352 g/mol. The molecule has 2 rings (SSSR count). The molecule has 0 aliphatic heterocycles. The van der Waals surface area contributed by atoms with Crippen LogP contribution in [0.2, 0.25) is 5.02 Å². The lowest BCUT2D eigenvalue weighted by Crippen LogP contribution is -2.16. The maximum absolute atomic E-state index is 11.7. The Hall–Kier alpha value is -1.98. The number of aliphatic hydroxyl groups is 1. The summed E-state index contributed by atoms with van der Waals surface area (Å²) in [5.41, 5.74) is 0. The van der Waals surface area contributed by atoms with Crippen molar-refractivity contribution in [3.63, 3.8) is 0 Å². The fourth-order valence-electron chi connectivity index (χ4n) is 2.23. The van der Waals surface area contributed by atoms with E-state index in [9.17, 15) is 4.79 Å². The van der Waals surface area contributed by atoms with Gasteiger partial charge in [-0.15, -0.1) is 0 Å². The zero-order valence-corrected chi connectivity index (χ0v) is 14.9. The van der Waals surface area contributed by atoms with Crippen molar-refractivity contribution in [3.05, 3.63) is 29.3 Å². The highest BCUT2D eigenvalue weighted by atomic mass is 35.5. The van der Waals surface area contributed by atoms with Crippen LogP contribution in [-0.4, -0.2) is 29.9 Å². The van der Waals surface area contributed by atoms with E-state index in [0.29, 0.717) is 21.9 Å². The summed E-state index contributed by atoms with van der Waals surface area (Å²) >= 11 is 6.08. The lowest BCUT2D eigenvalue weighted by atomic mass is 10.1. The first-order valence-electron chi connectivity index (χ1n) is 7.73. The molecule has 0 unspecified atom stereocenters. The van der Waals surface area contributed by atoms with Crippen molar-refractivity contribution in [3.8, 4) is 17.2 Å². The summed E-state index contributed by atoms with van der Waals surface area (Å²) in [5, 5.41) is 10.9. The maximum atomic E-state index is 11.7. The van der Waals surface area contributed by atoms with Gasteiger partial charge in [0.05, 0.1) is 12.2 Å². The minimum absolute atomic E-state index is 0.0920. The van der Waals surface area contributed by atoms with Gasteiger partial charge in [0.15, 0.2) is 11.5 Å². The molecule has 0 amide bonds. The average Bonchev–Trinajstić information content (AvgIpc) is 2.50. The number of ether oxygens (including phenoxy) is 3. The molecule has 1 N–H and O–H groups in total. The zero-order valence-electron chi connectivity index (χ0n) is 14.1. The second kappa shape index (κ2) is 7.73. The molecule has 0 heterocycles. The molecule has 24 heavy (non-hydrogen) atoms. The molecule has 2 aromatic rings. The van der Waals surface area contributed by atoms with Gasteiger partial charge < -0.3 is 19.3 Å². The molecule has 0 saturated carbocycles. The lowest BCUT2D eigenvalue weighted by molar-refractivity contribution is -0.137. The van der Waals surface area contributed by atoms with Crippen LogP contribution in [0.1, 0.15) is 27.7 Å². The van der Waals surface area contributed by atoms with E-state index >= 15 is 0 Å². The van der Waals surface area contributed by atoms with Crippen LogP contribution in [0.15, 0.2) is 24.3 Å². The molecular formula is C18H21ClO5. The van der Waals surface area contributed by atoms with Crippen molar-refractivity contribution in [2.45, 2.75) is 39.9 Å². The number of fused-ring (bicyclic) bond motifs is 1. The van der Waals surface area contributed by atoms with E-state index in [1.54, 1.807) is 18.2 Å². The summed E-state index contributed by atoms with van der Waals surface area (Å²) in [6.45, 7) is 6.77. The molecule has 0 atom stereocenters. The Morgan fingerprint density at radius 3 is 2.33 bits per heavy atom. The number of aliphatic hydroxyl groups excluding tert-OH is 1. The number of halogens is 1. The molecule has 0 aliphatic carbocycles. The van der Waals surface area contributed by atoms with Crippen molar-refractivity contribution in [1.29, 1.82) is 0 Å². The third kappa shape index (κ3) is 4.30. The van der Waals surface area contributed by atoms with Crippen LogP contribution in [0.4, 0.5) is 0 Å². The molecule has 6 heteroatoms. The first-order chi connectivity index (χ1) is 11.3. The normalized spacial score (nSPS) is 11.2. The summed E-state index contributed by atoms with van der Waals surface area (Å²) in [4.78, 5) is 11.7. The summed E-state index contributed by atoms with van der Waals surface area (Å²) in [7, 11) is 0. The van der Waals surface area contributed by atoms with Crippen LogP contribution in [0.5, 0.6) is 17.2 Å². The molecule has 130 valence electrons. The van der Waals surface area contributed by atoms with Crippen LogP contribution < -0.4 is 14.2 Å². The second-order valence-corrected chi connectivity index (χ2v) is 6.30. The first-order valence-corrected chi connectivity index (χ1v) is 8.10. The minimum Gasteiger partial charge on any atom is -0.487 e. The SMILES string of the molecule is CC(C)Oc1cc2ccc(Cl)cc2c(OC(=O)CO)c1OC(C)C. The van der Waals surface area contributed by atoms with E-state index in [-0.39, 0.29) is 18.0 Å². The standard InChI is InChI=1S/C18H21ClO5/c1-10(2)22-15-7-12-5-6-13(19)8-14(12)17(24-16(21)9-20)18(15)23-11(3)4/h5-8,10-11,20H,9H2,1-4H3. The summed E-state index contributed by atoms with van der Waals surface area (Å²) in [5.74, 6) is 0.189. The van der Waals surface area contributed by atoms with E-state index in [2.05, 4.69) is 0 Å². The van der Waals surface area contributed by atoms with Gasteiger partial charge in [0.1, 0.15) is 6.61 Å². The van der Waals surface area contributed by atoms with Gasteiger partial charge in [-0.1, -0.05) is 17.7 Å². The van der Waals surface area contributed by atoms with Crippen LogP contribution in [0.25, 0.3) is 10.8 Å². The van der Waals surface area contributed by atoms with E-state index in [1.807, 2.05) is 33.8 Å². The van der Waals surface area contributed by atoms with Gasteiger partial charge in [0, 0.05) is 10.4 Å². The topological polar surface area (TPSA) is 65.0 Å². The smallest absolute Gasteiger partial charge is 0.337 e. The molecule has 0 aromatic heterocycles. The number of esters is 1. The number of hydrogen-bond donors (Lipinski definition) is 1. The number of carbonyl (C=O) groups excluding carboxylic acids is 1. The highest BCUT2D eigenvalue weighted by Crippen LogP contribution is 2.45. The van der Waals surface area contributed by atoms with Crippen LogP contribution in [0.3, 0.4) is 0 Å². The predicted octanol–water partition coefficient (Wildman–Crippen LogP) is 3.97. The van der Waals surface area contributed by atoms with Gasteiger partial charge >= 0.3 is 5.97 Å². The zero-order chi connectivity index (χ0) is 17.9. The van der Waals surface area contributed by atoms with Gasteiger partial charge in [0.2, 0.25) is 5.75 Å². The summed E-state index contributed by atoms with van der Waals surface area (Å²) in [6.07, 6.45) is -0.256. The molecule has 0 spiro atoms. The molecule has 0 aliphatic rings. The van der Waals surface area contributed by atoms with Crippen molar-refractivity contribution in [1.82, 2.24) is 0 Å². The fourth-order valence-corrected chi connectivity index (χ4v) is 2.40. The van der Waals surface area contributed by atoms with Crippen LogP contribution >= 0.6 is 11.6 Å². The van der Waals surface area contributed by atoms with Gasteiger partial charge in [0.25, 0.3) is 0 Å². The summed E-state index contributed by atoms with van der Waals surface area (Å²) < 4.78 is 17.0. The maximum Gasteiger partial charge on any atom is 0.337 e. The highest BCUT2D eigenvalue weighted by Gasteiger charge is 2.22. The third-order valence-corrected chi connectivity index (χ3v) is 3.27.